The van der Waals surface area contributed by atoms with Crippen LogP contribution in [0.15, 0.2) is 18.2 Å². The number of likely N-dealkylation sites (N-methyl/N-ethyl adjacent to an activating group) is 1. The fraction of sp³-hybridized carbons (Fsp3) is 0.533. The Balaban J connectivity index is 2.17. The van der Waals surface area contributed by atoms with Crippen LogP contribution in [0.3, 0.4) is 0 Å². The molecule has 1 aliphatic rings. The lowest BCUT2D eigenvalue weighted by Gasteiger charge is -2.29. The molecular weight excluding hydrogens is 279 g/mol. The second-order valence-electron chi connectivity index (χ2n) is 5.37. The van der Waals surface area contributed by atoms with Gasteiger partial charge in [-0.1, -0.05) is 6.42 Å². The quantitative estimate of drug-likeness (QED) is 0.931. The van der Waals surface area contributed by atoms with Gasteiger partial charge in [0.1, 0.15) is 0 Å². The molecule has 1 aromatic carbocycles. The summed E-state index contributed by atoms with van der Waals surface area (Å²) in [5, 5.41) is 12.2. The molecule has 0 bridgehead atoms. The van der Waals surface area contributed by atoms with Gasteiger partial charge in [0, 0.05) is 25.3 Å². The van der Waals surface area contributed by atoms with Gasteiger partial charge in [0.25, 0.3) is 0 Å². The molecule has 1 unspecified atom stereocenters. The number of nitrogens with zero attached hydrogens (tertiary/aromatic N) is 2. The zero-order valence-electron chi connectivity index (χ0n) is 11.9. The summed E-state index contributed by atoms with van der Waals surface area (Å²) in [6, 6.07) is 5.76. The number of nitrogens with one attached hydrogen (secondary N) is 1. The van der Waals surface area contributed by atoms with E-state index in [0.29, 0.717) is 18.3 Å². The number of anilines is 1. The van der Waals surface area contributed by atoms with Crippen molar-refractivity contribution < 1.29 is 13.2 Å². The highest BCUT2D eigenvalue weighted by Crippen LogP contribution is 2.34. The summed E-state index contributed by atoms with van der Waals surface area (Å²) in [7, 11) is 1.78. The highest BCUT2D eigenvalue weighted by molar-refractivity contribution is 5.54. The van der Waals surface area contributed by atoms with Crippen LogP contribution in [0, 0.1) is 11.3 Å². The van der Waals surface area contributed by atoms with Crippen LogP contribution >= 0.6 is 0 Å². The Morgan fingerprint density at radius 2 is 2.14 bits per heavy atom. The van der Waals surface area contributed by atoms with Crippen molar-refractivity contribution in [2.45, 2.75) is 31.5 Å². The van der Waals surface area contributed by atoms with Crippen LogP contribution in [0.4, 0.5) is 18.9 Å². The molecule has 0 amide bonds. The molecule has 0 spiro atoms. The first-order valence-electron chi connectivity index (χ1n) is 6.97. The summed E-state index contributed by atoms with van der Waals surface area (Å²) < 4.78 is 38.9. The minimum atomic E-state index is -4.51. The first-order valence-corrected chi connectivity index (χ1v) is 6.97. The van der Waals surface area contributed by atoms with E-state index in [1.807, 2.05) is 0 Å². The zero-order chi connectivity index (χ0) is 15.5. The van der Waals surface area contributed by atoms with Crippen molar-refractivity contribution in [3.05, 3.63) is 29.3 Å². The highest BCUT2D eigenvalue weighted by Gasteiger charge is 2.34. The second kappa shape index (κ2) is 6.35. The number of rotatable bonds is 3. The minimum Gasteiger partial charge on any atom is -0.373 e. The molecule has 1 aromatic rings. The third-order valence-electron chi connectivity index (χ3n) is 3.78. The Bertz CT molecular complexity index is 528. The maximum atomic E-state index is 13.0. The number of hydrogen-bond donors (Lipinski definition) is 1. The summed E-state index contributed by atoms with van der Waals surface area (Å²) in [5.41, 5.74) is -0.727. The van der Waals surface area contributed by atoms with E-state index < -0.39 is 11.7 Å². The molecular formula is C15H18F3N3. The monoisotopic (exact) mass is 297 g/mol. The van der Waals surface area contributed by atoms with Gasteiger partial charge in [0.15, 0.2) is 0 Å². The Morgan fingerprint density at radius 3 is 2.71 bits per heavy atom. The molecule has 1 heterocycles. The van der Waals surface area contributed by atoms with Gasteiger partial charge in [0.2, 0.25) is 0 Å². The summed E-state index contributed by atoms with van der Waals surface area (Å²) in [4.78, 5) is 1.80. The predicted molar refractivity (Wildman–Crippen MR) is 75.1 cm³/mol. The summed E-state index contributed by atoms with van der Waals surface area (Å²) >= 11 is 0. The number of benzene rings is 1. The van der Waals surface area contributed by atoms with Crippen LogP contribution in [-0.2, 0) is 6.18 Å². The maximum Gasteiger partial charge on any atom is 0.417 e. The van der Waals surface area contributed by atoms with Gasteiger partial charge in [0.05, 0.1) is 17.2 Å². The van der Waals surface area contributed by atoms with E-state index in [4.69, 9.17) is 5.26 Å². The van der Waals surface area contributed by atoms with Crippen molar-refractivity contribution in [3.63, 3.8) is 0 Å². The number of alkyl halides is 3. The lowest BCUT2D eigenvalue weighted by atomic mass is 10.0. The molecule has 2 rings (SSSR count). The first kappa shape index (κ1) is 15.6. The largest absolute Gasteiger partial charge is 0.417 e. The zero-order valence-corrected chi connectivity index (χ0v) is 11.9. The van der Waals surface area contributed by atoms with Crippen molar-refractivity contribution in [3.8, 4) is 6.07 Å². The fourth-order valence-corrected chi connectivity index (χ4v) is 2.62. The fourth-order valence-electron chi connectivity index (χ4n) is 2.62. The third kappa shape index (κ3) is 3.88. The predicted octanol–water partition coefficient (Wildman–Crippen LogP) is 3.16. The molecule has 0 aromatic heterocycles. The van der Waals surface area contributed by atoms with Gasteiger partial charge in [-0.3, -0.25) is 0 Å². The van der Waals surface area contributed by atoms with Gasteiger partial charge >= 0.3 is 6.18 Å². The van der Waals surface area contributed by atoms with E-state index in [0.717, 1.165) is 31.9 Å². The van der Waals surface area contributed by atoms with Gasteiger partial charge in [-0.2, -0.15) is 18.4 Å². The highest BCUT2D eigenvalue weighted by atomic mass is 19.4. The van der Waals surface area contributed by atoms with Crippen LogP contribution in [0.1, 0.15) is 30.4 Å². The average Bonchev–Trinajstić information content (AvgIpc) is 2.46. The summed E-state index contributed by atoms with van der Waals surface area (Å²) in [6.45, 7) is 1.61. The van der Waals surface area contributed by atoms with E-state index in [1.165, 1.54) is 6.07 Å². The van der Waals surface area contributed by atoms with Crippen molar-refractivity contribution >= 4 is 5.69 Å². The maximum absolute atomic E-state index is 13.0. The van der Waals surface area contributed by atoms with Crippen LogP contribution in [-0.4, -0.2) is 26.2 Å². The molecule has 1 atom stereocenters. The van der Waals surface area contributed by atoms with Crippen molar-refractivity contribution in [1.29, 1.82) is 5.26 Å². The molecule has 0 saturated carbocycles. The molecule has 3 nitrogen and oxygen atoms in total. The molecule has 1 aliphatic heterocycles. The molecule has 0 aliphatic carbocycles. The van der Waals surface area contributed by atoms with Gasteiger partial charge in [-0.05, 0) is 37.6 Å². The van der Waals surface area contributed by atoms with Gasteiger partial charge < -0.3 is 10.2 Å². The average molecular weight is 297 g/mol. The summed E-state index contributed by atoms with van der Waals surface area (Å²) in [6.07, 6.45) is -1.18. The topological polar surface area (TPSA) is 39.1 Å². The normalized spacial score (nSPS) is 19.1. The molecule has 114 valence electrons. The molecule has 21 heavy (non-hydrogen) atoms. The van der Waals surface area contributed by atoms with Gasteiger partial charge in [-0.15, -0.1) is 0 Å². The van der Waals surface area contributed by atoms with Crippen LogP contribution in [0.25, 0.3) is 0 Å². The molecule has 0 radical (unpaired) electrons. The SMILES string of the molecule is CN(CC1CCCCN1)c1ccc(C#N)c(C(F)(F)F)c1. The molecule has 1 N–H and O–H groups in total. The van der Waals surface area contributed by atoms with Crippen molar-refractivity contribution in [1.82, 2.24) is 5.32 Å². The van der Waals surface area contributed by atoms with Crippen LogP contribution < -0.4 is 10.2 Å². The standard InChI is InChI=1S/C15H18F3N3/c1-21(10-12-4-2-3-7-20-12)13-6-5-11(9-19)14(8-13)15(16,17)18/h5-6,8,12,20H,2-4,7,10H2,1H3. The number of halogens is 3. The third-order valence-corrected chi connectivity index (χ3v) is 3.78. The van der Waals surface area contributed by atoms with Crippen molar-refractivity contribution in [2.75, 3.05) is 25.0 Å². The van der Waals surface area contributed by atoms with Crippen molar-refractivity contribution in [2.24, 2.45) is 0 Å². The van der Waals surface area contributed by atoms with E-state index >= 15 is 0 Å². The number of hydrogen-bond acceptors (Lipinski definition) is 3. The molecule has 1 fully saturated rings. The number of piperidine rings is 1. The van der Waals surface area contributed by atoms with E-state index in [1.54, 1.807) is 24.1 Å². The van der Waals surface area contributed by atoms with E-state index in [-0.39, 0.29) is 5.56 Å². The Hall–Kier alpha value is -1.74. The van der Waals surface area contributed by atoms with Gasteiger partial charge in [-0.25, -0.2) is 0 Å². The Morgan fingerprint density at radius 1 is 1.38 bits per heavy atom. The molecule has 6 heteroatoms. The van der Waals surface area contributed by atoms with Crippen LogP contribution in [0.5, 0.6) is 0 Å². The first-order chi connectivity index (χ1) is 9.91. The number of nitriles is 1. The lowest BCUT2D eigenvalue weighted by molar-refractivity contribution is -0.137. The van der Waals surface area contributed by atoms with E-state index in [9.17, 15) is 13.2 Å². The smallest absolute Gasteiger partial charge is 0.373 e. The Labute approximate surface area is 122 Å². The van der Waals surface area contributed by atoms with E-state index in [2.05, 4.69) is 5.32 Å². The second-order valence-corrected chi connectivity index (χ2v) is 5.37. The molecule has 1 saturated heterocycles. The Kier molecular flexibility index (Phi) is 4.73. The minimum absolute atomic E-state index is 0.300. The lowest BCUT2D eigenvalue weighted by Crippen LogP contribution is -2.42. The summed E-state index contributed by atoms with van der Waals surface area (Å²) in [5.74, 6) is 0. The van der Waals surface area contributed by atoms with Crippen LogP contribution in [0.2, 0.25) is 0 Å².